The number of hydrogen-bond acceptors (Lipinski definition) is 7. The number of benzene rings is 1. The summed E-state index contributed by atoms with van der Waals surface area (Å²) in [7, 11) is 0. The van der Waals surface area contributed by atoms with E-state index in [9.17, 15) is 32.9 Å². The van der Waals surface area contributed by atoms with Gasteiger partial charge in [-0.1, -0.05) is 18.7 Å². The summed E-state index contributed by atoms with van der Waals surface area (Å²) in [6.45, 7) is 1.56. The molecule has 0 aliphatic heterocycles. The Bertz CT molecular complexity index is 1290. The van der Waals surface area contributed by atoms with Crippen molar-refractivity contribution in [3.05, 3.63) is 58.9 Å². The van der Waals surface area contributed by atoms with Crippen LogP contribution >= 0.6 is 11.8 Å². The number of nitrogen functional groups attached to an aromatic ring is 1. The number of nitrogens with two attached hydrogens (primary N) is 1. The molecular weight excluding hydrogens is 462 g/mol. The summed E-state index contributed by atoms with van der Waals surface area (Å²) >= 11 is 0.723. The first-order valence-electron chi connectivity index (χ1n) is 9.21. The van der Waals surface area contributed by atoms with Crippen LogP contribution in [0.5, 0.6) is 0 Å². The maximum Gasteiger partial charge on any atom is 0.238 e. The largest absolute Gasteiger partial charge is 0.464 e. The van der Waals surface area contributed by atoms with Crippen LogP contribution in [-0.4, -0.2) is 16.1 Å². The topological polar surface area (TPSA) is 129 Å². The molecule has 2 heterocycles. The second kappa shape index (κ2) is 9.63. The fourth-order valence-electron chi connectivity index (χ4n) is 2.89. The number of anilines is 2. The van der Waals surface area contributed by atoms with Crippen LogP contribution in [0.1, 0.15) is 24.5 Å². The predicted molar refractivity (Wildman–Crippen MR) is 111 cm³/mol. The molecule has 1 unspecified atom stereocenters. The van der Waals surface area contributed by atoms with Gasteiger partial charge in [-0.2, -0.15) is 10.5 Å². The van der Waals surface area contributed by atoms with Gasteiger partial charge in [0.1, 0.15) is 40.0 Å². The maximum absolute atomic E-state index is 13.9. The number of carbonyl (C=O) groups excluding carboxylic acids is 1. The van der Waals surface area contributed by atoms with Gasteiger partial charge in [-0.3, -0.25) is 4.79 Å². The van der Waals surface area contributed by atoms with Gasteiger partial charge < -0.3 is 15.5 Å². The first-order valence-corrected chi connectivity index (χ1v) is 10.1. The Balaban J connectivity index is 2.01. The van der Waals surface area contributed by atoms with Gasteiger partial charge in [0.2, 0.25) is 5.91 Å². The molecule has 0 bridgehead atoms. The van der Waals surface area contributed by atoms with Gasteiger partial charge in [-0.05, 0) is 18.6 Å². The van der Waals surface area contributed by atoms with E-state index >= 15 is 0 Å². The van der Waals surface area contributed by atoms with Crippen LogP contribution in [0.4, 0.5) is 29.1 Å². The molecule has 1 aromatic carbocycles. The van der Waals surface area contributed by atoms with Crippen LogP contribution in [0.25, 0.3) is 11.3 Å². The third-order valence-electron chi connectivity index (χ3n) is 4.46. The highest BCUT2D eigenvalue weighted by Crippen LogP contribution is 2.38. The van der Waals surface area contributed by atoms with Gasteiger partial charge in [0, 0.05) is 6.07 Å². The van der Waals surface area contributed by atoms with Crippen LogP contribution < -0.4 is 11.1 Å². The van der Waals surface area contributed by atoms with Crippen LogP contribution in [0.2, 0.25) is 0 Å². The van der Waals surface area contributed by atoms with Gasteiger partial charge in [-0.15, -0.1) is 0 Å². The molecule has 7 nitrogen and oxygen atoms in total. The van der Waals surface area contributed by atoms with E-state index in [2.05, 4.69) is 4.98 Å². The Hall–Kier alpha value is -4.03. The van der Waals surface area contributed by atoms with Crippen molar-refractivity contribution in [2.75, 3.05) is 11.1 Å². The lowest BCUT2D eigenvalue weighted by Crippen LogP contribution is -2.26. The smallest absolute Gasteiger partial charge is 0.238 e. The summed E-state index contributed by atoms with van der Waals surface area (Å²) in [5.74, 6) is -7.96. The van der Waals surface area contributed by atoms with Crippen LogP contribution in [0, 0.1) is 45.9 Å². The zero-order chi connectivity index (χ0) is 24.3. The Morgan fingerprint density at radius 2 is 1.85 bits per heavy atom. The Morgan fingerprint density at radius 3 is 2.36 bits per heavy atom. The lowest BCUT2D eigenvalue weighted by atomic mass is 10.0. The number of nitrogens with zero attached hydrogens (tertiary/aromatic N) is 3. The van der Waals surface area contributed by atoms with Crippen LogP contribution in [-0.2, 0) is 4.79 Å². The number of aromatic nitrogens is 1. The van der Waals surface area contributed by atoms with Gasteiger partial charge in [0.15, 0.2) is 23.3 Å². The summed E-state index contributed by atoms with van der Waals surface area (Å²) in [6.07, 6.45) is 1.39. The molecule has 3 N–H and O–H groups in total. The molecule has 0 aliphatic carbocycles. The molecule has 0 saturated heterocycles. The first-order chi connectivity index (χ1) is 15.7. The quantitative estimate of drug-likeness (QED) is 0.299. The van der Waals surface area contributed by atoms with Crippen molar-refractivity contribution in [2.24, 2.45) is 0 Å². The number of pyridine rings is 1. The van der Waals surface area contributed by atoms with E-state index in [1.165, 1.54) is 18.4 Å². The SMILES string of the molecule is CCC(Sc1nc(N)c(C#N)c(-c2ccco2)c1C#N)C(=O)Nc1c(F)c(F)cc(F)c1F. The number of nitrogens with one attached hydrogen (secondary N) is 1. The van der Waals surface area contributed by atoms with Crippen LogP contribution in [0.15, 0.2) is 33.9 Å². The molecule has 1 amide bonds. The molecule has 0 aliphatic rings. The average Bonchev–Trinajstić information content (AvgIpc) is 3.32. The third kappa shape index (κ3) is 4.47. The molecule has 0 radical (unpaired) electrons. The van der Waals surface area contributed by atoms with E-state index in [-0.39, 0.29) is 45.8 Å². The third-order valence-corrected chi connectivity index (χ3v) is 5.81. The van der Waals surface area contributed by atoms with E-state index in [1.54, 1.807) is 6.92 Å². The monoisotopic (exact) mass is 475 g/mol. The molecule has 0 fully saturated rings. The Kier molecular flexibility index (Phi) is 6.89. The van der Waals surface area contributed by atoms with Crippen molar-refractivity contribution in [3.63, 3.8) is 0 Å². The highest BCUT2D eigenvalue weighted by Gasteiger charge is 2.28. The van der Waals surface area contributed by atoms with Gasteiger partial charge in [0.25, 0.3) is 0 Å². The second-order valence-electron chi connectivity index (χ2n) is 6.48. The number of amides is 1. The molecule has 1 atom stereocenters. The first kappa shape index (κ1) is 23.6. The summed E-state index contributed by atoms with van der Waals surface area (Å²) in [6, 6.07) is 6.81. The molecule has 33 heavy (non-hydrogen) atoms. The highest BCUT2D eigenvalue weighted by atomic mass is 32.2. The van der Waals surface area contributed by atoms with Gasteiger partial charge in [-0.25, -0.2) is 22.5 Å². The van der Waals surface area contributed by atoms with Crippen molar-refractivity contribution in [2.45, 2.75) is 23.6 Å². The van der Waals surface area contributed by atoms with E-state index in [0.29, 0.717) is 0 Å². The normalized spacial score (nSPS) is 11.5. The average molecular weight is 475 g/mol. The number of hydrogen-bond donors (Lipinski definition) is 2. The molecule has 2 aromatic heterocycles. The zero-order valence-corrected chi connectivity index (χ0v) is 17.6. The molecule has 3 aromatic rings. The summed E-state index contributed by atoms with van der Waals surface area (Å²) in [4.78, 5) is 16.7. The number of nitriles is 2. The minimum atomic E-state index is -1.76. The second-order valence-corrected chi connectivity index (χ2v) is 7.67. The molecule has 3 rings (SSSR count). The van der Waals surface area contributed by atoms with Crippen molar-refractivity contribution in [3.8, 4) is 23.5 Å². The van der Waals surface area contributed by atoms with Crippen molar-refractivity contribution >= 4 is 29.2 Å². The fraction of sp³-hybridized carbons (Fsp3) is 0.143. The standard InChI is InChI=1S/C21H13F4N5O2S/c1-2-14(20(31)29-18-16(24)11(22)6-12(23)17(18)25)33-21-10(8-27)15(13-4-3-5-32-13)9(7-26)19(28)30-21/h3-6,14H,2H2,1H3,(H2,28,30)(H,29,31). The molecular formula is C21H13F4N5O2S. The van der Waals surface area contributed by atoms with Crippen molar-refractivity contribution in [1.82, 2.24) is 4.98 Å². The van der Waals surface area contributed by atoms with E-state index in [4.69, 9.17) is 10.2 Å². The summed E-state index contributed by atoms with van der Waals surface area (Å²) in [5.41, 5.74) is 4.44. The minimum absolute atomic E-state index is 0.0190. The van der Waals surface area contributed by atoms with E-state index in [1.807, 2.05) is 17.5 Å². The number of rotatable bonds is 6. The van der Waals surface area contributed by atoms with E-state index in [0.717, 1.165) is 11.8 Å². The number of furan rings is 1. The summed E-state index contributed by atoms with van der Waals surface area (Å²) < 4.78 is 60.1. The Labute approximate surface area is 188 Å². The van der Waals surface area contributed by atoms with Gasteiger partial charge >= 0.3 is 0 Å². The lowest BCUT2D eigenvalue weighted by molar-refractivity contribution is -0.115. The highest BCUT2D eigenvalue weighted by molar-refractivity contribution is 8.00. The van der Waals surface area contributed by atoms with E-state index < -0.39 is 40.1 Å². The Morgan fingerprint density at radius 1 is 1.21 bits per heavy atom. The van der Waals surface area contributed by atoms with Gasteiger partial charge in [0.05, 0.1) is 22.6 Å². The van der Waals surface area contributed by atoms with Crippen molar-refractivity contribution < 1.29 is 26.8 Å². The van der Waals surface area contributed by atoms with Crippen molar-refractivity contribution in [1.29, 1.82) is 10.5 Å². The maximum atomic E-state index is 13.9. The molecule has 0 spiro atoms. The molecule has 168 valence electrons. The number of thioether (sulfide) groups is 1. The number of carbonyl (C=O) groups is 1. The lowest BCUT2D eigenvalue weighted by Gasteiger charge is -2.17. The molecule has 12 heteroatoms. The zero-order valence-electron chi connectivity index (χ0n) is 16.7. The summed E-state index contributed by atoms with van der Waals surface area (Å²) in [5, 5.41) is 19.9. The molecule has 0 saturated carbocycles. The fourth-order valence-corrected chi connectivity index (χ4v) is 3.91. The van der Waals surface area contributed by atoms with Crippen LogP contribution in [0.3, 0.4) is 0 Å². The minimum Gasteiger partial charge on any atom is -0.464 e. The predicted octanol–water partition coefficient (Wildman–Crippen LogP) is 4.73. The number of halogens is 4.